The van der Waals surface area contributed by atoms with E-state index in [1.807, 2.05) is 0 Å². The van der Waals surface area contributed by atoms with E-state index in [1.54, 1.807) is 42.7 Å². The van der Waals surface area contributed by atoms with Crippen LogP contribution < -0.4 is 0 Å². The molecule has 0 spiro atoms. The summed E-state index contributed by atoms with van der Waals surface area (Å²) in [4.78, 5) is 8.20. The van der Waals surface area contributed by atoms with E-state index in [0.717, 1.165) is 10.0 Å². The fourth-order valence-electron chi connectivity index (χ4n) is 1.63. The third-order valence-corrected chi connectivity index (χ3v) is 3.05. The van der Waals surface area contributed by atoms with E-state index >= 15 is 0 Å². The molecule has 0 fully saturated rings. The van der Waals surface area contributed by atoms with Gasteiger partial charge in [-0.15, -0.1) is 0 Å². The Morgan fingerprint density at radius 2 is 1.89 bits per heavy atom. The molecule has 0 aliphatic rings. The number of hydrogen-bond donors (Lipinski definition) is 1. The molecule has 5 nitrogen and oxygen atoms in total. The van der Waals surface area contributed by atoms with Gasteiger partial charge < -0.3 is 9.63 Å². The van der Waals surface area contributed by atoms with Crippen LogP contribution in [0.25, 0.3) is 22.8 Å². The Morgan fingerprint density at radius 3 is 2.68 bits per heavy atom. The predicted octanol–water partition coefficient (Wildman–Crippen LogP) is 3.27. The van der Waals surface area contributed by atoms with Crippen LogP contribution in [0.1, 0.15) is 0 Å². The van der Waals surface area contributed by atoms with Gasteiger partial charge in [0, 0.05) is 22.4 Å². The number of halogens is 1. The van der Waals surface area contributed by atoms with Gasteiger partial charge in [-0.3, -0.25) is 4.98 Å². The van der Waals surface area contributed by atoms with Crippen molar-refractivity contribution in [1.82, 2.24) is 15.1 Å². The summed E-state index contributed by atoms with van der Waals surface area (Å²) in [5.41, 5.74) is 1.29. The number of aromatic nitrogens is 3. The van der Waals surface area contributed by atoms with Gasteiger partial charge in [0.2, 0.25) is 5.82 Å². The molecule has 3 rings (SSSR count). The Balaban J connectivity index is 2.04. The third kappa shape index (κ3) is 2.34. The quantitative estimate of drug-likeness (QED) is 0.785. The SMILES string of the molecule is Oc1ccc(Br)cc1-c1nc(-c2ccncc2)no1. The van der Waals surface area contributed by atoms with Crippen molar-refractivity contribution in [1.29, 1.82) is 0 Å². The molecule has 0 bridgehead atoms. The van der Waals surface area contributed by atoms with Crippen molar-refractivity contribution < 1.29 is 9.63 Å². The molecule has 0 amide bonds. The molecule has 0 aliphatic heterocycles. The zero-order valence-corrected chi connectivity index (χ0v) is 11.2. The highest BCUT2D eigenvalue weighted by Gasteiger charge is 2.14. The van der Waals surface area contributed by atoms with Gasteiger partial charge in [-0.2, -0.15) is 4.98 Å². The minimum atomic E-state index is 0.0909. The van der Waals surface area contributed by atoms with Gasteiger partial charge in [-0.1, -0.05) is 21.1 Å². The molecule has 0 radical (unpaired) electrons. The van der Waals surface area contributed by atoms with Crippen LogP contribution in [0, 0.1) is 0 Å². The topological polar surface area (TPSA) is 72.0 Å². The average Bonchev–Trinajstić information content (AvgIpc) is 2.92. The average molecular weight is 318 g/mol. The number of rotatable bonds is 2. The van der Waals surface area contributed by atoms with Crippen molar-refractivity contribution in [3.05, 3.63) is 47.2 Å². The first-order valence-electron chi connectivity index (χ1n) is 5.47. The van der Waals surface area contributed by atoms with Gasteiger partial charge in [-0.05, 0) is 30.3 Å². The number of nitrogens with zero attached hydrogens (tertiary/aromatic N) is 3. The Bertz CT molecular complexity index is 713. The van der Waals surface area contributed by atoms with Crippen molar-refractivity contribution in [3.63, 3.8) is 0 Å². The molecule has 2 aromatic heterocycles. The molecular formula is C13H8BrN3O2. The number of phenols is 1. The molecule has 0 unspecified atom stereocenters. The van der Waals surface area contributed by atoms with E-state index in [2.05, 4.69) is 31.1 Å². The van der Waals surface area contributed by atoms with Crippen LogP contribution in [0.15, 0.2) is 51.7 Å². The monoisotopic (exact) mass is 317 g/mol. The van der Waals surface area contributed by atoms with Crippen LogP contribution in [-0.2, 0) is 0 Å². The predicted molar refractivity (Wildman–Crippen MR) is 72.3 cm³/mol. The first kappa shape index (κ1) is 11.9. The Kier molecular flexibility index (Phi) is 3.00. The highest BCUT2D eigenvalue weighted by atomic mass is 79.9. The van der Waals surface area contributed by atoms with Crippen LogP contribution in [-0.4, -0.2) is 20.2 Å². The summed E-state index contributed by atoms with van der Waals surface area (Å²) in [7, 11) is 0. The highest BCUT2D eigenvalue weighted by Crippen LogP contribution is 2.31. The van der Waals surface area contributed by atoms with Crippen LogP contribution in [0.4, 0.5) is 0 Å². The van der Waals surface area contributed by atoms with Gasteiger partial charge in [0.15, 0.2) is 0 Å². The van der Waals surface area contributed by atoms with E-state index in [0.29, 0.717) is 11.4 Å². The zero-order chi connectivity index (χ0) is 13.2. The van der Waals surface area contributed by atoms with Gasteiger partial charge in [0.25, 0.3) is 5.89 Å². The van der Waals surface area contributed by atoms with E-state index < -0.39 is 0 Å². The molecule has 0 atom stereocenters. The lowest BCUT2D eigenvalue weighted by Crippen LogP contribution is -1.82. The summed E-state index contributed by atoms with van der Waals surface area (Å²) in [6, 6.07) is 8.60. The fourth-order valence-corrected chi connectivity index (χ4v) is 1.99. The molecule has 0 saturated heterocycles. The third-order valence-electron chi connectivity index (χ3n) is 2.55. The number of aromatic hydroxyl groups is 1. The van der Waals surface area contributed by atoms with Crippen molar-refractivity contribution in [2.24, 2.45) is 0 Å². The Morgan fingerprint density at radius 1 is 1.11 bits per heavy atom. The zero-order valence-electron chi connectivity index (χ0n) is 9.62. The largest absolute Gasteiger partial charge is 0.507 e. The highest BCUT2D eigenvalue weighted by molar-refractivity contribution is 9.10. The number of phenolic OH excluding ortho intramolecular Hbond substituents is 1. The molecule has 0 aliphatic carbocycles. The number of hydrogen-bond acceptors (Lipinski definition) is 5. The molecule has 6 heteroatoms. The van der Waals surface area contributed by atoms with Crippen LogP contribution in [0.2, 0.25) is 0 Å². The van der Waals surface area contributed by atoms with Gasteiger partial charge in [-0.25, -0.2) is 0 Å². The van der Waals surface area contributed by atoms with Crippen molar-refractivity contribution in [3.8, 4) is 28.6 Å². The standard InChI is InChI=1S/C13H8BrN3O2/c14-9-1-2-11(18)10(7-9)13-16-12(17-19-13)8-3-5-15-6-4-8/h1-7,18H. The minimum absolute atomic E-state index is 0.0909. The smallest absolute Gasteiger partial charge is 0.262 e. The lowest BCUT2D eigenvalue weighted by atomic mass is 10.2. The molecule has 0 saturated carbocycles. The second-order valence-corrected chi connectivity index (χ2v) is 4.74. The Labute approximate surface area is 117 Å². The summed E-state index contributed by atoms with van der Waals surface area (Å²) < 4.78 is 6.00. The molecule has 2 heterocycles. The molecule has 94 valence electrons. The molecule has 3 aromatic rings. The van der Waals surface area contributed by atoms with Crippen molar-refractivity contribution in [2.75, 3.05) is 0 Å². The van der Waals surface area contributed by atoms with Crippen LogP contribution in [0.5, 0.6) is 5.75 Å². The molecular weight excluding hydrogens is 310 g/mol. The minimum Gasteiger partial charge on any atom is -0.507 e. The lowest BCUT2D eigenvalue weighted by molar-refractivity contribution is 0.425. The summed E-state index contributed by atoms with van der Waals surface area (Å²) in [5.74, 6) is 0.815. The van der Waals surface area contributed by atoms with Crippen molar-refractivity contribution in [2.45, 2.75) is 0 Å². The summed E-state index contributed by atoms with van der Waals surface area (Å²) in [6.45, 7) is 0. The normalized spacial score (nSPS) is 10.6. The number of pyridine rings is 1. The fraction of sp³-hybridized carbons (Fsp3) is 0. The lowest BCUT2D eigenvalue weighted by Gasteiger charge is -1.99. The number of benzene rings is 1. The van der Waals surface area contributed by atoms with Gasteiger partial charge in [0.05, 0.1) is 5.56 Å². The van der Waals surface area contributed by atoms with E-state index in [-0.39, 0.29) is 11.6 Å². The second-order valence-electron chi connectivity index (χ2n) is 3.82. The maximum Gasteiger partial charge on any atom is 0.262 e. The first-order valence-corrected chi connectivity index (χ1v) is 6.26. The first-order chi connectivity index (χ1) is 9.24. The summed E-state index contributed by atoms with van der Waals surface area (Å²) >= 11 is 3.34. The van der Waals surface area contributed by atoms with Gasteiger partial charge >= 0.3 is 0 Å². The van der Waals surface area contributed by atoms with E-state index in [4.69, 9.17) is 4.52 Å². The molecule has 1 N–H and O–H groups in total. The second kappa shape index (κ2) is 4.81. The van der Waals surface area contributed by atoms with Crippen LogP contribution >= 0.6 is 15.9 Å². The molecule has 1 aromatic carbocycles. The van der Waals surface area contributed by atoms with Gasteiger partial charge in [0.1, 0.15) is 5.75 Å². The summed E-state index contributed by atoms with van der Waals surface area (Å²) in [5, 5.41) is 13.7. The Hall–Kier alpha value is -2.21. The summed E-state index contributed by atoms with van der Waals surface area (Å²) in [6.07, 6.45) is 3.31. The maximum absolute atomic E-state index is 9.81. The van der Waals surface area contributed by atoms with Crippen LogP contribution in [0.3, 0.4) is 0 Å². The van der Waals surface area contributed by atoms with E-state index in [1.165, 1.54) is 0 Å². The molecule has 19 heavy (non-hydrogen) atoms. The maximum atomic E-state index is 9.81. The van der Waals surface area contributed by atoms with E-state index in [9.17, 15) is 5.11 Å². The van der Waals surface area contributed by atoms with Crippen molar-refractivity contribution >= 4 is 15.9 Å².